The van der Waals surface area contributed by atoms with Crippen LogP contribution in [0.5, 0.6) is 0 Å². The number of pyridine rings is 1. The Hall–Kier alpha value is -2.51. The molecule has 0 spiro atoms. The van der Waals surface area contributed by atoms with Crippen molar-refractivity contribution in [2.45, 2.75) is 6.10 Å². The molecule has 0 aliphatic carbocycles. The fourth-order valence-electron chi connectivity index (χ4n) is 3.15. The molecule has 1 aromatic heterocycles. The highest BCUT2D eigenvalue weighted by Gasteiger charge is 2.27. The predicted molar refractivity (Wildman–Crippen MR) is 94.1 cm³/mol. The van der Waals surface area contributed by atoms with E-state index in [9.17, 15) is 9.59 Å². The van der Waals surface area contributed by atoms with Gasteiger partial charge in [-0.3, -0.25) is 19.5 Å². The van der Waals surface area contributed by atoms with Crippen molar-refractivity contribution in [2.24, 2.45) is 5.73 Å². The van der Waals surface area contributed by atoms with Gasteiger partial charge in [-0.05, 0) is 12.4 Å². The molecule has 0 radical (unpaired) electrons. The zero-order chi connectivity index (χ0) is 17.8. The monoisotopic (exact) mass is 342 g/mol. The van der Waals surface area contributed by atoms with Crippen molar-refractivity contribution in [3.63, 3.8) is 0 Å². The summed E-state index contributed by atoms with van der Waals surface area (Å²) in [6.07, 6.45) is 3.23. The second-order valence-corrected chi connectivity index (χ2v) is 6.32. The Kier molecular flexibility index (Phi) is 5.25. The van der Waals surface area contributed by atoms with E-state index in [1.165, 1.54) is 0 Å². The highest BCUT2D eigenvalue weighted by Crippen LogP contribution is 2.20. The van der Waals surface area contributed by atoms with E-state index >= 15 is 0 Å². The van der Waals surface area contributed by atoms with E-state index in [-0.39, 0.29) is 24.5 Å². The number of nitrogens with two attached hydrogens (primary N) is 1. The Morgan fingerprint density at radius 3 is 2.96 bits per heavy atom. The zero-order valence-corrected chi connectivity index (χ0v) is 14.2. The van der Waals surface area contributed by atoms with Crippen molar-refractivity contribution in [1.29, 1.82) is 0 Å². The number of amides is 2. The van der Waals surface area contributed by atoms with Gasteiger partial charge in [-0.25, -0.2) is 0 Å². The average molecular weight is 342 g/mol. The summed E-state index contributed by atoms with van der Waals surface area (Å²) in [5.41, 5.74) is 5.81. The number of hydrogen-bond donors (Lipinski definition) is 1. The lowest BCUT2D eigenvalue weighted by Crippen LogP contribution is -2.50. The zero-order valence-electron chi connectivity index (χ0n) is 14.2. The van der Waals surface area contributed by atoms with Gasteiger partial charge in [0.15, 0.2) is 0 Å². The van der Waals surface area contributed by atoms with Crippen LogP contribution < -0.4 is 5.73 Å². The van der Waals surface area contributed by atoms with Gasteiger partial charge in [-0.2, -0.15) is 0 Å². The van der Waals surface area contributed by atoms with Crippen LogP contribution in [0.25, 0.3) is 10.8 Å². The number of aromatic nitrogens is 1. The summed E-state index contributed by atoms with van der Waals surface area (Å²) in [6.45, 7) is 2.20. The van der Waals surface area contributed by atoms with Crippen LogP contribution in [0.2, 0.25) is 0 Å². The first-order valence-electron chi connectivity index (χ1n) is 8.25. The molecule has 2 aromatic rings. The van der Waals surface area contributed by atoms with Crippen molar-refractivity contribution in [3.05, 3.63) is 42.2 Å². The van der Waals surface area contributed by atoms with Gasteiger partial charge in [0.2, 0.25) is 5.91 Å². The van der Waals surface area contributed by atoms with Gasteiger partial charge in [-0.1, -0.05) is 24.3 Å². The molecule has 2 amide bonds. The molecule has 25 heavy (non-hydrogen) atoms. The second kappa shape index (κ2) is 7.58. The Balaban J connectivity index is 1.72. The smallest absolute Gasteiger partial charge is 0.256 e. The quantitative estimate of drug-likeness (QED) is 0.854. The Labute approximate surface area is 146 Å². The SMILES string of the molecule is CN(CC(N)=O)CC1CN(C(=O)c2cncc3ccccc23)CCO1. The molecule has 1 aromatic carbocycles. The Bertz CT molecular complexity index is 775. The average Bonchev–Trinajstić information content (AvgIpc) is 2.60. The number of nitrogens with zero attached hydrogens (tertiary/aromatic N) is 3. The van der Waals surface area contributed by atoms with Gasteiger partial charge in [0, 0.05) is 37.4 Å². The molecular weight excluding hydrogens is 320 g/mol. The number of primary amides is 1. The lowest BCUT2D eigenvalue weighted by molar-refractivity contribution is -0.119. The second-order valence-electron chi connectivity index (χ2n) is 6.32. The van der Waals surface area contributed by atoms with Crippen LogP contribution in [0.1, 0.15) is 10.4 Å². The maximum atomic E-state index is 13.0. The van der Waals surface area contributed by atoms with E-state index in [1.807, 2.05) is 31.3 Å². The highest BCUT2D eigenvalue weighted by molar-refractivity contribution is 6.06. The van der Waals surface area contributed by atoms with Crippen molar-refractivity contribution in [3.8, 4) is 0 Å². The van der Waals surface area contributed by atoms with Gasteiger partial charge >= 0.3 is 0 Å². The maximum absolute atomic E-state index is 13.0. The van der Waals surface area contributed by atoms with E-state index in [0.717, 1.165) is 10.8 Å². The number of fused-ring (bicyclic) bond motifs is 1. The van der Waals surface area contributed by atoms with Gasteiger partial charge in [-0.15, -0.1) is 0 Å². The van der Waals surface area contributed by atoms with Gasteiger partial charge in [0.05, 0.1) is 24.8 Å². The van der Waals surface area contributed by atoms with Crippen LogP contribution in [0.15, 0.2) is 36.7 Å². The minimum Gasteiger partial charge on any atom is -0.373 e. The van der Waals surface area contributed by atoms with Crippen LogP contribution in [0, 0.1) is 0 Å². The molecule has 1 unspecified atom stereocenters. The standard InChI is InChI=1S/C18H22N4O3/c1-21(12-17(19)23)10-14-11-22(6-7-25-14)18(24)16-9-20-8-13-4-2-3-5-15(13)16/h2-5,8-9,14H,6-7,10-12H2,1H3,(H2,19,23). The lowest BCUT2D eigenvalue weighted by atomic mass is 10.1. The van der Waals surface area contributed by atoms with Crippen molar-refractivity contribution in [2.75, 3.05) is 39.8 Å². The fourth-order valence-corrected chi connectivity index (χ4v) is 3.15. The molecule has 7 nitrogen and oxygen atoms in total. The first kappa shape index (κ1) is 17.3. The largest absolute Gasteiger partial charge is 0.373 e. The molecule has 3 rings (SSSR count). The van der Waals surface area contributed by atoms with E-state index in [4.69, 9.17) is 10.5 Å². The number of likely N-dealkylation sites (N-methyl/N-ethyl adjacent to an activating group) is 1. The van der Waals surface area contributed by atoms with Crippen LogP contribution in [-0.4, -0.2) is 72.5 Å². The number of carbonyl (C=O) groups is 2. The third-order valence-corrected chi connectivity index (χ3v) is 4.27. The molecule has 1 aliphatic heterocycles. The molecule has 2 N–H and O–H groups in total. The van der Waals surface area contributed by atoms with Gasteiger partial charge in [0.1, 0.15) is 0 Å². The summed E-state index contributed by atoms with van der Waals surface area (Å²) in [4.78, 5) is 31.8. The number of benzene rings is 1. The van der Waals surface area contributed by atoms with Crippen molar-refractivity contribution >= 4 is 22.6 Å². The highest BCUT2D eigenvalue weighted by atomic mass is 16.5. The maximum Gasteiger partial charge on any atom is 0.256 e. The topological polar surface area (TPSA) is 88.8 Å². The fraction of sp³-hybridized carbons (Fsp3) is 0.389. The molecule has 132 valence electrons. The van der Waals surface area contributed by atoms with Crippen LogP contribution in [0.3, 0.4) is 0 Å². The minimum atomic E-state index is -0.381. The van der Waals surface area contributed by atoms with E-state index in [1.54, 1.807) is 22.2 Å². The summed E-state index contributed by atoms with van der Waals surface area (Å²) in [5.74, 6) is -0.428. The molecule has 0 bridgehead atoms. The first-order chi connectivity index (χ1) is 12.0. The summed E-state index contributed by atoms with van der Waals surface area (Å²) in [7, 11) is 1.81. The molecular formula is C18H22N4O3. The summed E-state index contributed by atoms with van der Waals surface area (Å²) >= 11 is 0. The van der Waals surface area contributed by atoms with Gasteiger partial charge < -0.3 is 15.4 Å². The Morgan fingerprint density at radius 1 is 1.36 bits per heavy atom. The van der Waals surface area contributed by atoms with Crippen LogP contribution in [0.4, 0.5) is 0 Å². The molecule has 1 aliphatic rings. The van der Waals surface area contributed by atoms with E-state index in [0.29, 0.717) is 31.8 Å². The lowest BCUT2D eigenvalue weighted by Gasteiger charge is -2.34. The number of morpholine rings is 1. The van der Waals surface area contributed by atoms with Gasteiger partial charge in [0.25, 0.3) is 5.91 Å². The molecule has 1 atom stereocenters. The molecule has 7 heteroatoms. The third kappa shape index (κ3) is 4.12. The first-order valence-corrected chi connectivity index (χ1v) is 8.25. The number of ether oxygens (including phenoxy) is 1. The normalized spacial score (nSPS) is 17.8. The number of rotatable bonds is 5. The summed E-state index contributed by atoms with van der Waals surface area (Å²) in [6, 6.07) is 7.72. The molecule has 1 saturated heterocycles. The number of hydrogen-bond acceptors (Lipinski definition) is 5. The molecule has 0 saturated carbocycles. The molecule has 2 heterocycles. The van der Waals surface area contributed by atoms with Crippen LogP contribution in [-0.2, 0) is 9.53 Å². The predicted octanol–water partition coefficient (Wildman–Crippen LogP) is 0.493. The summed E-state index contributed by atoms with van der Waals surface area (Å²) < 4.78 is 5.73. The summed E-state index contributed by atoms with van der Waals surface area (Å²) in [5, 5.41) is 1.84. The Morgan fingerprint density at radius 2 is 2.16 bits per heavy atom. The van der Waals surface area contributed by atoms with Crippen LogP contribution >= 0.6 is 0 Å². The third-order valence-electron chi connectivity index (χ3n) is 4.27. The van der Waals surface area contributed by atoms with Crippen molar-refractivity contribution in [1.82, 2.24) is 14.8 Å². The molecule has 1 fully saturated rings. The number of carbonyl (C=O) groups excluding carboxylic acids is 2. The van der Waals surface area contributed by atoms with E-state index in [2.05, 4.69) is 4.98 Å². The minimum absolute atomic E-state index is 0.0462. The van der Waals surface area contributed by atoms with E-state index < -0.39 is 0 Å². The van der Waals surface area contributed by atoms with Crippen molar-refractivity contribution < 1.29 is 14.3 Å².